The zero-order valence-electron chi connectivity index (χ0n) is 11.3. The number of benzene rings is 1. The molecule has 1 atom stereocenters. The van der Waals surface area contributed by atoms with Gasteiger partial charge in [0.15, 0.2) is 14.9 Å². The molecule has 6 heteroatoms. The zero-order valence-corrected chi connectivity index (χ0v) is 12.9. The summed E-state index contributed by atoms with van der Waals surface area (Å²) in [5.41, 5.74) is 0. The SMILES string of the molecule is COc1cccc2c(S(=O)(=O)C(C)CCCl)nccc12. The van der Waals surface area contributed by atoms with Crippen molar-refractivity contribution in [3.8, 4) is 5.75 Å². The van der Waals surface area contributed by atoms with Crippen LogP contribution < -0.4 is 4.74 Å². The molecule has 0 saturated heterocycles. The van der Waals surface area contributed by atoms with Crippen LogP contribution in [-0.2, 0) is 9.84 Å². The van der Waals surface area contributed by atoms with Crippen molar-refractivity contribution >= 4 is 32.2 Å². The van der Waals surface area contributed by atoms with Crippen molar-refractivity contribution in [1.82, 2.24) is 4.98 Å². The van der Waals surface area contributed by atoms with Crippen LogP contribution in [0.1, 0.15) is 13.3 Å². The van der Waals surface area contributed by atoms with Crippen LogP contribution in [0.3, 0.4) is 0 Å². The molecule has 108 valence electrons. The van der Waals surface area contributed by atoms with Crippen molar-refractivity contribution < 1.29 is 13.2 Å². The first-order valence-electron chi connectivity index (χ1n) is 6.24. The molecule has 0 aliphatic heterocycles. The van der Waals surface area contributed by atoms with E-state index in [1.807, 2.05) is 0 Å². The van der Waals surface area contributed by atoms with Crippen molar-refractivity contribution in [2.75, 3.05) is 13.0 Å². The molecule has 0 aliphatic carbocycles. The number of nitrogens with zero attached hydrogens (tertiary/aromatic N) is 1. The standard InChI is InChI=1S/C14H16ClNO3S/c1-10(6-8-15)20(17,18)14-12-4-3-5-13(19-2)11(12)7-9-16-14/h3-5,7,9-10H,6,8H2,1-2H3. The Labute approximate surface area is 123 Å². The highest BCUT2D eigenvalue weighted by atomic mass is 35.5. The predicted molar refractivity (Wildman–Crippen MR) is 80.3 cm³/mol. The Bertz CT molecular complexity index is 715. The number of halogens is 1. The Morgan fingerprint density at radius 2 is 2.05 bits per heavy atom. The number of hydrogen-bond donors (Lipinski definition) is 0. The van der Waals surface area contributed by atoms with Crippen molar-refractivity contribution in [2.45, 2.75) is 23.6 Å². The second-order valence-corrected chi connectivity index (χ2v) is 7.16. The number of pyridine rings is 1. The Hall–Kier alpha value is -1.33. The minimum atomic E-state index is -3.50. The zero-order chi connectivity index (χ0) is 14.8. The quantitative estimate of drug-likeness (QED) is 0.796. The van der Waals surface area contributed by atoms with Crippen molar-refractivity contribution in [3.63, 3.8) is 0 Å². The summed E-state index contributed by atoms with van der Waals surface area (Å²) in [6.45, 7) is 1.65. The van der Waals surface area contributed by atoms with E-state index in [-0.39, 0.29) is 5.03 Å². The molecule has 0 bridgehead atoms. The molecule has 0 N–H and O–H groups in total. The molecule has 0 spiro atoms. The first-order valence-corrected chi connectivity index (χ1v) is 8.32. The predicted octanol–water partition coefficient (Wildman–Crippen LogP) is 3.03. The van der Waals surface area contributed by atoms with Crippen molar-refractivity contribution in [2.24, 2.45) is 0 Å². The van der Waals surface area contributed by atoms with Gasteiger partial charge in [0.05, 0.1) is 12.4 Å². The van der Waals surface area contributed by atoms with Crippen molar-refractivity contribution in [3.05, 3.63) is 30.5 Å². The lowest BCUT2D eigenvalue weighted by Crippen LogP contribution is -2.20. The Balaban J connectivity index is 2.67. The number of fused-ring (bicyclic) bond motifs is 1. The topological polar surface area (TPSA) is 56.3 Å². The Kier molecular flexibility index (Phi) is 4.50. The molecule has 0 saturated carbocycles. The highest BCUT2D eigenvalue weighted by Gasteiger charge is 2.26. The van der Waals surface area contributed by atoms with Gasteiger partial charge in [-0.2, -0.15) is 0 Å². The maximum absolute atomic E-state index is 12.6. The minimum Gasteiger partial charge on any atom is -0.496 e. The van der Waals surface area contributed by atoms with E-state index in [4.69, 9.17) is 16.3 Å². The lowest BCUT2D eigenvalue weighted by Gasteiger charge is -2.13. The second-order valence-electron chi connectivity index (χ2n) is 4.50. The van der Waals surface area contributed by atoms with E-state index >= 15 is 0 Å². The summed E-state index contributed by atoms with van der Waals surface area (Å²) in [5, 5.41) is 0.839. The average Bonchev–Trinajstić information content (AvgIpc) is 2.46. The molecule has 4 nitrogen and oxygen atoms in total. The number of alkyl halides is 1. The first kappa shape index (κ1) is 15.1. The van der Waals surface area contributed by atoms with Crippen LogP contribution in [0.4, 0.5) is 0 Å². The van der Waals surface area contributed by atoms with Gasteiger partial charge in [-0.3, -0.25) is 0 Å². The van der Waals surface area contributed by atoms with E-state index < -0.39 is 15.1 Å². The number of hydrogen-bond acceptors (Lipinski definition) is 4. The van der Waals surface area contributed by atoms with Gasteiger partial charge >= 0.3 is 0 Å². The molecular weight excluding hydrogens is 298 g/mol. The smallest absolute Gasteiger partial charge is 0.198 e. The summed E-state index contributed by atoms with van der Waals surface area (Å²) >= 11 is 5.65. The number of methoxy groups -OCH3 is 1. The van der Waals surface area contributed by atoms with Crippen LogP contribution in [-0.4, -0.2) is 31.6 Å². The van der Waals surface area contributed by atoms with Gasteiger partial charge in [0.2, 0.25) is 0 Å². The first-order chi connectivity index (χ1) is 9.52. The van der Waals surface area contributed by atoms with Crippen LogP contribution in [0.2, 0.25) is 0 Å². The monoisotopic (exact) mass is 313 g/mol. The van der Waals surface area contributed by atoms with Gasteiger partial charge in [-0.15, -0.1) is 11.6 Å². The molecule has 0 radical (unpaired) electrons. The van der Waals surface area contributed by atoms with E-state index in [1.165, 1.54) is 6.20 Å². The van der Waals surface area contributed by atoms with Crippen LogP contribution in [0.15, 0.2) is 35.5 Å². The van der Waals surface area contributed by atoms with Gasteiger partial charge in [0.25, 0.3) is 0 Å². The van der Waals surface area contributed by atoms with Crippen LogP contribution in [0, 0.1) is 0 Å². The molecule has 20 heavy (non-hydrogen) atoms. The van der Waals surface area contributed by atoms with Crippen LogP contribution >= 0.6 is 11.6 Å². The number of sulfone groups is 1. The summed E-state index contributed by atoms with van der Waals surface area (Å²) in [4.78, 5) is 4.07. The molecule has 1 heterocycles. The molecule has 2 aromatic rings. The molecule has 1 aromatic carbocycles. The Morgan fingerprint density at radius 1 is 1.30 bits per heavy atom. The van der Waals surface area contributed by atoms with Gasteiger partial charge in [-0.05, 0) is 25.5 Å². The third kappa shape index (κ3) is 2.60. The molecule has 1 aromatic heterocycles. The molecule has 0 amide bonds. The molecular formula is C14H16ClNO3S. The van der Waals surface area contributed by atoms with Gasteiger partial charge in [0, 0.05) is 22.8 Å². The van der Waals surface area contributed by atoms with E-state index in [9.17, 15) is 8.42 Å². The fourth-order valence-electron chi connectivity index (χ4n) is 2.06. The number of ether oxygens (including phenoxy) is 1. The fourth-order valence-corrected chi connectivity index (χ4v) is 4.01. The lowest BCUT2D eigenvalue weighted by atomic mass is 10.1. The largest absolute Gasteiger partial charge is 0.496 e. The van der Waals surface area contributed by atoms with Gasteiger partial charge in [-0.25, -0.2) is 13.4 Å². The Morgan fingerprint density at radius 3 is 2.70 bits per heavy atom. The lowest BCUT2D eigenvalue weighted by molar-refractivity contribution is 0.419. The van der Waals surface area contributed by atoms with Gasteiger partial charge in [0.1, 0.15) is 5.75 Å². The van der Waals surface area contributed by atoms with Gasteiger partial charge in [-0.1, -0.05) is 12.1 Å². The molecule has 1 unspecified atom stereocenters. The van der Waals surface area contributed by atoms with Gasteiger partial charge < -0.3 is 4.74 Å². The maximum Gasteiger partial charge on any atom is 0.198 e. The highest BCUT2D eigenvalue weighted by Crippen LogP contribution is 2.30. The summed E-state index contributed by atoms with van der Waals surface area (Å²) in [5.74, 6) is 0.931. The van der Waals surface area contributed by atoms with Crippen LogP contribution in [0.5, 0.6) is 5.75 Å². The van der Waals surface area contributed by atoms with Crippen molar-refractivity contribution in [1.29, 1.82) is 0 Å². The summed E-state index contributed by atoms with van der Waals surface area (Å²) in [6, 6.07) is 7.04. The third-order valence-corrected chi connectivity index (χ3v) is 5.64. The highest BCUT2D eigenvalue weighted by molar-refractivity contribution is 7.92. The molecule has 0 fully saturated rings. The summed E-state index contributed by atoms with van der Waals surface area (Å²) in [6.07, 6.45) is 1.89. The average molecular weight is 314 g/mol. The van der Waals surface area contributed by atoms with E-state index in [0.717, 1.165) is 5.39 Å². The fraction of sp³-hybridized carbons (Fsp3) is 0.357. The number of aromatic nitrogens is 1. The second kappa shape index (κ2) is 5.97. The third-order valence-electron chi connectivity index (χ3n) is 3.26. The number of rotatable bonds is 5. The summed E-state index contributed by atoms with van der Waals surface area (Å²) < 4.78 is 30.4. The van der Waals surface area contributed by atoms with E-state index in [2.05, 4.69) is 4.98 Å². The molecule has 0 aliphatic rings. The minimum absolute atomic E-state index is 0.0894. The maximum atomic E-state index is 12.6. The summed E-state index contributed by atoms with van der Waals surface area (Å²) in [7, 11) is -1.95. The van der Waals surface area contributed by atoms with Crippen LogP contribution in [0.25, 0.3) is 10.8 Å². The normalized spacial score (nSPS) is 13.3. The van der Waals surface area contributed by atoms with E-state index in [1.54, 1.807) is 38.3 Å². The van der Waals surface area contributed by atoms with E-state index in [0.29, 0.717) is 23.4 Å². The molecule has 2 rings (SSSR count).